The lowest BCUT2D eigenvalue weighted by Crippen LogP contribution is -2.54. The first-order valence-corrected chi connectivity index (χ1v) is 13.7. The zero-order valence-corrected chi connectivity index (χ0v) is 20.7. The summed E-state index contributed by atoms with van der Waals surface area (Å²) in [7, 11) is -3.54. The minimum absolute atomic E-state index is 0.111. The van der Waals surface area contributed by atoms with Crippen molar-refractivity contribution in [3.8, 4) is 0 Å². The van der Waals surface area contributed by atoms with E-state index in [0.717, 1.165) is 57.3 Å². The number of carbonyl (C=O) groups excluding carboxylic acids is 1. The van der Waals surface area contributed by atoms with E-state index in [0.29, 0.717) is 24.6 Å². The number of benzene rings is 1. The zero-order valence-electron chi connectivity index (χ0n) is 19.9. The van der Waals surface area contributed by atoms with Gasteiger partial charge >= 0.3 is 0 Å². The number of nitrogens with zero attached hydrogens (tertiary/aromatic N) is 5. The van der Waals surface area contributed by atoms with Crippen LogP contribution < -0.4 is 4.90 Å². The highest BCUT2D eigenvalue weighted by molar-refractivity contribution is 7.86. The van der Waals surface area contributed by atoms with Crippen molar-refractivity contribution < 1.29 is 18.1 Å². The average Bonchev–Trinajstić information content (AvgIpc) is 3.14. The highest BCUT2D eigenvalue weighted by Gasteiger charge is 2.35. The second-order valence-electron chi connectivity index (χ2n) is 9.64. The van der Waals surface area contributed by atoms with E-state index in [-0.39, 0.29) is 37.8 Å². The number of amides is 1. The van der Waals surface area contributed by atoms with Crippen LogP contribution in [-0.2, 0) is 10.2 Å². The summed E-state index contributed by atoms with van der Waals surface area (Å²) in [5.74, 6) is 0.344. The SMILES string of the molecule is CC1CCN(c2ccc([N+](=O)[O-])cc2C(=O)N2CCN(S(=O)(=O)N3CCCCCC3)CC2)CC1. The molecule has 0 radical (unpaired) electrons. The number of piperazine rings is 1. The Morgan fingerprint density at radius 3 is 2.09 bits per heavy atom. The van der Waals surface area contributed by atoms with Gasteiger partial charge in [-0.2, -0.15) is 17.0 Å². The van der Waals surface area contributed by atoms with Gasteiger partial charge in [0.15, 0.2) is 0 Å². The molecule has 0 bridgehead atoms. The smallest absolute Gasteiger partial charge is 0.282 e. The van der Waals surface area contributed by atoms with Crippen LogP contribution in [0.2, 0.25) is 0 Å². The van der Waals surface area contributed by atoms with Gasteiger partial charge in [0.2, 0.25) is 0 Å². The Bertz CT molecular complexity index is 993. The highest BCUT2D eigenvalue weighted by atomic mass is 32.2. The largest absolute Gasteiger partial charge is 0.371 e. The molecule has 3 saturated heterocycles. The first-order chi connectivity index (χ1) is 16.3. The number of nitro benzene ring substituents is 1. The number of hydrogen-bond donors (Lipinski definition) is 0. The Morgan fingerprint density at radius 1 is 0.912 bits per heavy atom. The van der Waals surface area contributed by atoms with Crippen molar-refractivity contribution in [1.29, 1.82) is 0 Å². The summed E-state index contributed by atoms with van der Waals surface area (Å²) in [5.41, 5.74) is 0.939. The molecule has 3 heterocycles. The van der Waals surface area contributed by atoms with Crippen LogP contribution in [0, 0.1) is 16.0 Å². The number of anilines is 1. The molecule has 34 heavy (non-hydrogen) atoms. The Balaban J connectivity index is 1.49. The molecular weight excluding hydrogens is 458 g/mol. The number of piperidine rings is 1. The fraction of sp³-hybridized carbons (Fsp3) is 0.696. The van der Waals surface area contributed by atoms with Gasteiger partial charge in [-0.3, -0.25) is 14.9 Å². The number of non-ortho nitro benzene ring substituents is 1. The monoisotopic (exact) mass is 493 g/mol. The van der Waals surface area contributed by atoms with Crippen LogP contribution >= 0.6 is 0 Å². The van der Waals surface area contributed by atoms with Crippen LogP contribution in [0.4, 0.5) is 11.4 Å². The molecule has 0 aromatic heterocycles. The van der Waals surface area contributed by atoms with Crippen molar-refractivity contribution in [2.45, 2.75) is 45.4 Å². The van der Waals surface area contributed by atoms with Gasteiger partial charge in [-0.1, -0.05) is 19.8 Å². The predicted octanol–water partition coefficient (Wildman–Crippen LogP) is 2.71. The number of nitro groups is 1. The molecule has 0 atom stereocenters. The molecule has 3 aliphatic heterocycles. The summed E-state index contributed by atoms with van der Waals surface area (Å²) in [6.07, 6.45) is 5.88. The molecule has 1 aromatic carbocycles. The maximum Gasteiger partial charge on any atom is 0.282 e. The maximum absolute atomic E-state index is 13.5. The Hall–Kier alpha value is -2.24. The molecule has 0 aliphatic carbocycles. The molecule has 10 nitrogen and oxygen atoms in total. The summed E-state index contributed by atoms with van der Waals surface area (Å²) in [6.45, 7) is 5.92. The van der Waals surface area contributed by atoms with E-state index in [4.69, 9.17) is 0 Å². The van der Waals surface area contributed by atoms with E-state index in [2.05, 4.69) is 11.8 Å². The van der Waals surface area contributed by atoms with Crippen LogP contribution in [0.25, 0.3) is 0 Å². The van der Waals surface area contributed by atoms with E-state index in [9.17, 15) is 23.3 Å². The number of rotatable bonds is 5. The topological polar surface area (TPSA) is 107 Å². The molecule has 1 amide bonds. The average molecular weight is 494 g/mol. The molecule has 4 rings (SSSR count). The molecule has 0 saturated carbocycles. The minimum atomic E-state index is -3.54. The van der Waals surface area contributed by atoms with Gasteiger partial charge in [-0.15, -0.1) is 0 Å². The van der Waals surface area contributed by atoms with Crippen LogP contribution in [0.5, 0.6) is 0 Å². The summed E-state index contributed by atoms with van der Waals surface area (Å²) < 4.78 is 29.3. The number of carbonyl (C=O) groups is 1. The van der Waals surface area contributed by atoms with Gasteiger partial charge < -0.3 is 9.80 Å². The summed E-state index contributed by atoms with van der Waals surface area (Å²) in [6, 6.07) is 4.51. The molecule has 11 heteroatoms. The third kappa shape index (κ3) is 5.36. The predicted molar refractivity (Wildman–Crippen MR) is 130 cm³/mol. The maximum atomic E-state index is 13.5. The molecule has 1 aromatic rings. The molecule has 0 unspecified atom stereocenters. The molecule has 3 aliphatic rings. The van der Waals surface area contributed by atoms with E-state index in [1.165, 1.54) is 16.4 Å². The van der Waals surface area contributed by atoms with E-state index in [1.807, 2.05) is 0 Å². The van der Waals surface area contributed by atoms with Crippen molar-refractivity contribution in [3.63, 3.8) is 0 Å². The standard InChI is InChI=1S/C23H35N5O5S/c1-19-8-12-24(13-9-19)22-7-6-20(28(30)31)18-21(22)23(29)25-14-16-27(17-15-25)34(32,33)26-10-4-2-3-5-11-26/h6-7,18-19H,2-5,8-17H2,1H3. The molecular formula is C23H35N5O5S. The summed E-state index contributed by atoms with van der Waals surface area (Å²) in [5, 5.41) is 11.4. The van der Waals surface area contributed by atoms with Gasteiger partial charge in [0.25, 0.3) is 21.8 Å². The van der Waals surface area contributed by atoms with Gasteiger partial charge in [-0.25, -0.2) is 0 Å². The van der Waals surface area contributed by atoms with Crippen molar-refractivity contribution in [2.75, 3.05) is 57.3 Å². The van der Waals surface area contributed by atoms with Crippen molar-refractivity contribution in [1.82, 2.24) is 13.5 Å². The fourth-order valence-corrected chi connectivity index (χ4v) is 6.73. The third-order valence-electron chi connectivity index (χ3n) is 7.29. The van der Waals surface area contributed by atoms with E-state index >= 15 is 0 Å². The normalized spacial score (nSPS) is 21.9. The lowest BCUT2D eigenvalue weighted by molar-refractivity contribution is -0.384. The van der Waals surface area contributed by atoms with Crippen LogP contribution in [-0.4, -0.2) is 85.1 Å². The first-order valence-electron chi connectivity index (χ1n) is 12.4. The molecule has 0 N–H and O–H groups in total. The second kappa shape index (κ2) is 10.6. The van der Waals surface area contributed by atoms with Gasteiger partial charge in [0.1, 0.15) is 0 Å². The minimum Gasteiger partial charge on any atom is -0.371 e. The second-order valence-corrected chi connectivity index (χ2v) is 11.6. The lowest BCUT2D eigenvalue weighted by Gasteiger charge is -2.37. The summed E-state index contributed by atoms with van der Waals surface area (Å²) in [4.78, 5) is 28.2. The van der Waals surface area contributed by atoms with E-state index in [1.54, 1.807) is 15.3 Å². The highest BCUT2D eigenvalue weighted by Crippen LogP contribution is 2.31. The molecule has 3 fully saturated rings. The molecule has 0 spiro atoms. The quantitative estimate of drug-likeness (QED) is 0.461. The summed E-state index contributed by atoms with van der Waals surface area (Å²) >= 11 is 0. The Labute approximate surface area is 201 Å². The Kier molecular flexibility index (Phi) is 7.73. The third-order valence-corrected chi connectivity index (χ3v) is 9.32. The van der Waals surface area contributed by atoms with Gasteiger partial charge in [0.05, 0.1) is 16.2 Å². The van der Waals surface area contributed by atoms with Crippen LogP contribution in [0.15, 0.2) is 18.2 Å². The van der Waals surface area contributed by atoms with Gasteiger partial charge in [-0.05, 0) is 37.7 Å². The molecule has 188 valence electrons. The van der Waals surface area contributed by atoms with E-state index < -0.39 is 15.1 Å². The fourth-order valence-electron chi connectivity index (χ4n) is 5.06. The van der Waals surface area contributed by atoms with Crippen LogP contribution in [0.3, 0.4) is 0 Å². The van der Waals surface area contributed by atoms with Crippen LogP contribution in [0.1, 0.15) is 55.8 Å². The number of hydrogen-bond acceptors (Lipinski definition) is 6. The van der Waals surface area contributed by atoms with Crippen molar-refractivity contribution in [2.24, 2.45) is 5.92 Å². The zero-order chi connectivity index (χ0) is 24.3. The Morgan fingerprint density at radius 2 is 1.50 bits per heavy atom. The first kappa shape index (κ1) is 24.9. The van der Waals surface area contributed by atoms with Crippen molar-refractivity contribution in [3.05, 3.63) is 33.9 Å². The van der Waals surface area contributed by atoms with Crippen molar-refractivity contribution >= 4 is 27.5 Å². The lowest BCUT2D eigenvalue weighted by atomic mass is 9.97. The van der Waals surface area contributed by atoms with Gasteiger partial charge in [0, 0.05) is 64.5 Å².